The number of methoxy groups -OCH3 is 1. The number of nitrogens with one attached hydrogen (secondary N) is 1. The van der Waals surface area contributed by atoms with Crippen molar-refractivity contribution >= 4 is 21.8 Å². The zero-order chi connectivity index (χ0) is 27.7. The molecule has 0 bridgehead atoms. The Morgan fingerprint density at radius 3 is 2.11 bits per heavy atom. The van der Waals surface area contributed by atoms with Crippen LogP contribution in [-0.4, -0.2) is 62.4 Å². The first-order valence-electron chi connectivity index (χ1n) is 12.0. The maximum atomic E-state index is 13.6. The molecule has 0 aliphatic rings. The van der Waals surface area contributed by atoms with Gasteiger partial charge in [0.1, 0.15) is 17.6 Å². The number of carbonyl (C=O) groups is 2. The molecule has 0 aliphatic carbocycles. The maximum Gasteiger partial charge on any atom is 0.243 e. The highest BCUT2D eigenvalue weighted by Gasteiger charge is 2.31. The van der Waals surface area contributed by atoms with Crippen LogP contribution in [0.15, 0.2) is 78.9 Å². The summed E-state index contributed by atoms with van der Waals surface area (Å²) in [5.74, 6) is -0.695. The van der Waals surface area contributed by atoms with Gasteiger partial charge >= 0.3 is 0 Å². The lowest BCUT2D eigenvalue weighted by Crippen LogP contribution is -2.52. The van der Waals surface area contributed by atoms with Crippen LogP contribution in [0.5, 0.6) is 5.75 Å². The van der Waals surface area contributed by atoms with Gasteiger partial charge in [-0.25, -0.2) is 12.8 Å². The molecular weight excluding hydrogens is 509 g/mol. The summed E-state index contributed by atoms with van der Waals surface area (Å²) in [7, 11) is -0.768. The van der Waals surface area contributed by atoms with E-state index in [-0.39, 0.29) is 19.5 Å². The lowest BCUT2D eigenvalue weighted by atomic mass is 10.0. The normalized spacial score (nSPS) is 12.1. The predicted molar refractivity (Wildman–Crippen MR) is 143 cm³/mol. The highest BCUT2D eigenvalue weighted by molar-refractivity contribution is 7.88. The molecule has 8 nitrogen and oxygen atoms in total. The van der Waals surface area contributed by atoms with Gasteiger partial charge in [-0.1, -0.05) is 54.6 Å². The number of halogens is 1. The first-order valence-corrected chi connectivity index (χ1v) is 13.8. The van der Waals surface area contributed by atoms with Gasteiger partial charge in [0.25, 0.3) is 0 Å². The van der Waals surface area contributed by atoms with Gasteiger partial charge in [-0.05, 0) is 41.0 Å². The highest BCUT2D eigenvalue weighted by atomic mass is 32.2. The van der Waals surface area contributed by atoms with Crippen LogP contribution in [0.1, 0.15) is 16.7 Å². The van der Waals surface area contributed by atoms with Crippen molar-refractivity contribution in [1.29, 1.82) is 0 Å². The monoisotopic (exact) mass is 541 g/mol. The molecule has 0 heterocycles. The van der Waals surface area contributed by atoms with Crippen LogP contribution in [0, 0.1) is 5.82 Å². The van der Waals surface area contributed by atoms with Crippen LogP contribution in [-0.2, 0) is 39.1 Å². The second kappa shape index (κ2) is 13.2. The number of carbonyl (C=O) groups excluding carboxylic acids is 2. The fourth-order valence-electron chi connectivity index (χ4n) is 3.79. The van der Waals surface area contributed by atoms with Gasteiger partial charge in [0.2, 0.25) is 21.8 Å². The average Bonchev–Trinajstić information content (AvgIpc) is 2.90. The molecule has 0 radical (unpaired) electrons. The standard InChI is InChI=1S/C28H32FN3O5S/c1-31(38(3,35)36)20-27(33)32(19-23-9-13-24(29)14-10-23)26(17-21-7-5-4-6-8-21)28(34)30-18-22-11-15-25(37-2)16-12-22/h4-16,26H,17-20H2,1-3H3,(H,30,34). The van der Waals surface area contributed by atoms with Crippen molar-refractivity contribution in [1.82, 2.24) is 14.5 Å². The second-order valence-corrected chi connectivity index (χ2v) is 11.0. The van der Waals surface area contributed by atoms with Gasteiger partial charge in [0, 0.05) is 26.6 Å². The van der Waals surface area contributed by atoms with Gasteiger partial charge in [0.05, 0.1) is 19.9 Å². The number of nitrogens with zero attached hydrogens (tertiary/aromatic N) is 2. The molecule has 38 heavy (non-hydrogen) atoms. The van der Waals surface area contributed by atoms with E-state index in [4.69, 9.17) is 4.74 Å². The summed E-state index contributed by atoms with van der Waals surface area (Å²) in [6.45, 7) is -0.239. The van der Waals surface area contributed by atoms with Crippen molar-refractivity contribution in [2.45, 2.75) is 25.6 Å². The Hall–Kier alpha value is -3.76. The minimum Gasteiger partial charge on any atom is -0.497 e. The van der Waals surface area contributed by atoms with E-state index in [1.165, 1.54) is 36.2 Å². The number of rotatable bonds is 12. The smallest absolute Gasteiger partial charge is 0.243 e. The molecule has 1 unspecified atom stereocenters. The number of amides is 2. The lowest BCUT2D eigenvalue weighted by molar-refractivity contribution is -0.141. The van der Waals surface area contributed by atoms with E-state index in [0.717, 1.165) is 21.7 Å². The minimum atomic E-state index is -3.64. The predicted octanol–water partition coefficient (Wildman–Crippen LogP) is 2.98. The van der Waals surface area contributed by atoms with E-state index in [1.807, 2.05) is 42.5 Å². The Morgan fingerprint density at radius 2 is 1.53 bits per heavy atom. The van der Waals surface area contributed by atoms with Crippen LogP contribution in [0.2, 0.25) is 0 Å². The highest BCUT2D eigenvalue weighted by Crippen LogP contribution is 2.17. The second-order valence-electron chi connectivity index (χ2n) is 8.94. The summed E-state index contributed by atoms with van der Waals surface area (Å²) < 4.78 is 43.7. The Kier molecular flexibility index (Phi) is 9.98. The maximum absolute atomic E-state index is 13.6. The third-order valence-electron chi connectivity index (χ3n) is 6.09. The minimum absolute atomic E-state index is 0.00975. The summed E-state index contributed by atoms with van der Waals surface area (Å²) in [5, 5.41) is 2.91. The molecule has 3 aromatic carbocycles. The van der Waals surface area contributed by atoms with Crippen molar-refractivity contribution in [2.75, 3.05) is 27.0 Å². The van der Waals surface area contributed by atoms with E-state index in [2.05, 4.69) is 5.32 Å². The van der Waals surface area contributed by atoms with Gasteiger partial charge in [-0.2, -0.15) is 4.31 Å². The number of sulfonamides is 1. The molecule has 3 rings (SSSR count). The number of benzene rings is 3. The molecule has 0 saturated heterocycles. The van der Waals surface area contributed by atoms with Crippen LogP contribution < -0.4 is 10.1 Å². The Morgan fingerprint density at radius 1 is 0.921 bits per heavy atom. The van der Waals surface area contributed by atoms with Crippen molar-refractivity contribution in [3.63, 3.8) is 0 Å². The molecule has 0 saturated carbocycles. The first-order chi connectivity index (χ1) is 18.1. The van der Waals surface area contributed by atoms with E-state index in [1.54, 1.807) is 19.2 Å². The fourth-order valence-corrected chi connectivity index (χ4v) is 4.13. The third kappa shape index (κ3) is 8.39. The van der Waals surface area contributed by atoms with Crippen LogP contribution in [0.3, 0.4) is 0 Å². The summed E-state index contributed by atoms with van der Waals surface area (Å²) in [4.78, 5) is 28.5. The third-order valence-corrected chi connectivity index (χ3v) is 7.35. The van der Waals surface area contributed by atoms with Gasteiger partial charge in [-0.3, -0.25) is 9.59 Å². The van der Waals surface area contributed by atoms with Crippen molar-refractivity contribution < 1.29 is 27.1 Å². The number of hydrogen-bond donors (Lipinski definition) is 1. The van der Waals surface area contributed by atoms with Gasteiger partial charge < -0.3 is 15.0 Å². The van der Waals surface area contributed by atoms with E-state index >= 15 is 0 Å². The topological polar surface area (TPSA) is 96.0 Å². The SMILES string of the molecule is COc1ccc(CNC(=O)C(Cc2ccccc2)N(Cc2ccc(F)cc2)C(=O)CN(C)S(C)(=O)=O)cc1. The fraction of sp³-hybridized carbons (Fsp3) is 0.286. The molecule has 202 valence electrons. The summed E-state index contributed by atoms with van der Waals surface area (Å²) in [6.07, 6.45) is 1.21. The Balaban J connectivity index is 1.92. The zero-order valence-corrected chi connectivity index (χ0v) is 22.4. The largest absolute Gasteiger partial charge is 0.497 e. The summed E-state index contributed by atoms with van der Waals surface area (Å²) >= 11 is 0. The van der Waals surface area contributed by atoms with E-state index < -0.39 is 40.2 Å². The quantitative estimate of drug-likeness (QED) is 0.380. The van der Waals surface area contributed by atoms with Crippen LogP contribution in [0.4, 0.5) is 4.39 Å². The molecule has 3 aromatic rings. The van der Waals surface area contributed by atoms with E-state index in [0.29, 0.717) is 11.3 Å². The molecule has 2 amide bonds. The number of likely N-dealkylation sites (N-methyl/N-ethyl adjacent to an activating group) is 1. The Bertz CT molecular complexity index is 1320. The lowest BCUT2D eigenvalue weighted by Gasteiger charge is -2.32. The molecule has 1 atom stereocenters. The molecule has 10 heteroatoms. The van der Waals surface area contributed by atoms with Crippen LogP contribution >= 0.6 is 0 Å². The molecule has 0 aromatic heterocycles. The molecule has 0 spiro atoms. The molecule has 1 N–H and O–H groups in total. The average molecular weight is 542 g/mol. The van der Waals surface area contributed by atoms with Crippen LogP contribution in [0.25, 0.3) is 0 Å². The van der Waals surface area contributed by atoms with Crippen molar-refractivity contribution in [3.05, 3.63) is 101 Å². The molecule has 0 fully saturated rings. The molecule has 0 aliphatic heterocycles. The zero-order valence-electron chi connectivity index (χ0n) is 21.6. The van der Waals surface area contributed by atoms with Crippen molar-refractivity contribution in [3.8, 4) is 5.75 Å². The molecular formula is C28H32FN3O5S. The first kappa shape index (κ1) is 28.8. The van der Waals surface area contributed by atoms with Crippen molar-refractivity contribution in [2.24, 2.45) is 0 Å². The number of ether oxygens (including phenoxy) is 1. The van der Waals surface area contributed by atoms with Gasteiger partial charge in [0.15, 0.2) is 0 Å². The van der Waals surface area contributed by atoms with E-state index in [9.17, 15) is 22.4 Å². The number of hydrogen-bond acceptors (Lipinski definition) is 5. The van der Waals surface area contributed by atoms with Gasteiger partial charge in [-0.15, -0.1) is 0 Å². The summed E-state index contributed by atoms with van der Waals surface area (Å²) in [5.41, 5.74) is 2.26. The summed E-state index contributed by atoms with van der Waals surface area (Å²) in [6, 6.07) is 21.1. The Labute approximate surface area is 223 Å².